The number of alkyl halides is 4. The Morgan fingerprint density at radius 2 is 2.10 bits per heavy atom. The molecule has 2 amide bonds. The van der Waals surface area contributed by atoms with E-state index in [1.54, 1.807) is 0 Å². The first-order valence-electron chi connectivity index (χ1n) is 8.69. The Bertz CT molecular complexity index is 723. The number of carbonyl (C=O) groups is 2. The summed E-state index contributed by atoms with van der Waals surface area (Å²) in [4.78, 5) is 26.7. The molecule has 1 saturated heterocycles. The summed E-state index contributed by atoms with van der Waals surface area (Å²) in [6.45, 7) is -3.86. The SMILES string of the molecule is CN(CC(F)F)[C@H](CN)C(=O)Nc1ccc(N2CCOCC2=O)c(OC(F)F)c1. The highest BCUT2D eigenvalue weighted by atomic mass is 19.3. The third-order valence-corrected chi connectivity index (χ3v) is 4.20. The van der Waals surface area contributed by atoms with Gasteiger partial charge < -0.3 is 25.4 Å². The van der Waals surface area contributed by atoms with Gasteiger partial charge in [-0.3, -0.25) is 14.5 Å². The normalized spacial score (nSPS) is 15.9. The minimum atomic E-state index is -3.16. The van der Waals surface area contributed by atoms with Gasteiger partial charge in [0.2, 0.25) is 5.91 Å². The zero-order chi connectivity index (χ0) is 21.6. The molecule has 0 spiro atoms. The number of ether oxygens (including phenoxy) is 2. The van der Waals surface area contributed by atoms with Crippen LogP contribution in [-0.2, 0) is 14.3 Å². The molecule has 0 aliphatic carbocycles. The number of benzene rings is 1. The van der Waals surface area contributed by atoms with Crippen molar-refractivity contribution in [1.29, 1.82) is 0 Å². The summed E-state index contributed by atoms with van der Waals surface area (Å²) >= 11 is 0. The summed E-state index contributed by atoms with van der Waals surface area (Å²) < 4.78 is 60.3. The molecule has 1 aromatic rings. The third-order valence-electron chi connectivity index (χ3n) is 4.20. The van der Waals surface area contributed by atoms with E-state index in [2.05, 4.69) is 10.1 Å². The van der Waals surface area contributed by atoms with Crippen LogP contribution in [0.4, 0.5) is 28.9 Å². The summed E-state index contributed by atoms with van der Waals surface area (Å²) in [6, 6.07) is 2.80. The third kappa shape index (κ3) is 6.27. The van der Waals surface area contributed by atoms with E-state index in [4.69, 9.17) is 10.5 Å². The summed E-state index contributed by atoms with van der Waals surface area (Å²) in [5.74, 6) is -1.43. The predicted molar refractivity (Wildman–Crippen MR) is 96.4 cm³/mol. The van der Waals surface area contributed by atoms with Crippen molar-refractivity contribution in [1.82, 2.24) is 4.90 Å². The smallest absolute Gasteiger partial charge is 0.387 e. The van der Waals surface area contributed by atoms with Crippen LogP contribution in [0.3, 0.4) is 0 Å². The number of nitrogens with two attached hydrogens (primary N) is 1. The van der Waals surface area contributed by atoms with Gasteiger partial charge in [-0.05, 0) is 19.2 Å². The van der Waals surface area contributed by atoms with Crippen molar-refractivity contribution in [2.45, 2.75) is 19.1 Å². The van der Waals surface area contributed by atoms with Crippen LogP contribution in [0.25, 0.3) is 0 Å². The number of halogens is 4. The fourth-order valence-electron chi connectivity index (χ4n) is 2.84. The molecule has 8 nitrogen and oxygen atoms in total. The van der Waals surface area contributed by atoms with Crippen LogP contribution in [0.2, 0.25) is 0 Å². The van der Waals surface area contributed by atoms with Crippen molar-refractivity contribution in [2.24, 2.45) is 5.73 Å². The number of amides is 2. The molecule has 1 heterocycles. The molecule has 1 fully saturated rings. The fraction of sp³-hybridized carbons (Fsp3) is 0.529. The van der Waals surface area contributed by atoms with E-state index >= 15 is 0 Å². The van der Waals surface area contributed by atoms with Crippen LogP contribution in [0, 0.1) is 0 Å². The Morgan fingerprint density at radius 1 is 1.38 bits per heavy atom. The summed E-state index contributed by atoms with van der Waals surface area (Å²) in [6.07, 6.45) is -2.65. The second-order valence-corrected chi connectivity index (χ2v) is 6.23. The van der Waals surface area contributed by atoms with Gasteiger partial charge in [0.1, 0.15) is 12.6 Å². The first-order valence-corrected chi connectivity index (χ1v) is 8.69. The highest BCUT2D eigenvalue weighted by molar-refractivity contribution is 5.98. The zero-order valence-corrected chi connectivity index (χ0v) is 15.6. The molecule has 29 heavy (non-hydrogen) atoms. The van der Waals surface area contributed by atoms with Crippen molar-refractivity contribution in [2.75, 3.05) is 50.1 Å². The standard InChI is InChI=1S/C17H22F4N4O4/c1-24(8-14(18)19)12(7-22)16(27)23-10-2-3-11(13(6-10)29-17(20)21)25-4-5-28-9-15(25)26/h2-3,6,12,14,17H,4-5,7-9,22H2,1H3,(H,23,27)/t12-/m1/s1. The van der Waals surface area contributed by atoms with Gasteiger partial charge in [-0.1, -0.05) is 0 Å². The minimum Gasteiger partial charge on any atom is -0.433 e. The molecule has 12 heteroatoms. The fourth-order valence-corrected chi connectivity index (χ4v) is 2.84. The number of hydrogen-bond donors (Lipinski definition) is 2. The number of nitrogens with one attached hydrogen (secondary N) is 1. The summed E-state index contributed by atoms with van der Waals surface area (Å²) in [5, 5.41) is 2.44. The Labute approximate surface area is 164 Å². The Balaban J connectivity index is 2.22. The lowest BCUT2D eigenvalue weighted by atomic mass is 10.2. The van der Waals surface area contributed by atoms with E-state index in [-0.39, 0.29) is 43.4 Å². The van der Waals surface area contributed by atoms with E-state index in [1.807, 2.05) is 0 Å². The van der Waals surface area contributed by atoms with Crippen molar-refractivity contribution in [3.63, 3.8) is 0 Å². The van der Waals surface area contributed by atoms with Crippen LogP contribution in [0.15, 0.2) is 18.2 Å². The molecule has 1 atom stereocenters. The van der Waals surface area contributed by atoms with Crippen molar-refractivity contribution >= 4 is 23.2 Å². The monoisotopic (exact) mass is 422 g/mol. The molecule has 0 bridgehead atoms. The number of nitrogens with zero attached hydrogens (tertiary/aromatic N) is 2. The number of likely N-dealkylation sites (N-methyl/N-ethyl adjacent to an activating group) is 1. The number of morpholine rings is 1. The van der Waals surface area contributed by atoms with Gasteiger partial charge in [0.15, 0.2) is 5.75 Å². The Morgan fingerprint density at radius 3 is 2.69 bits per heavy atom. The molecule has 1 aliphatic rings. The van der Waals surface area contributed by atoms with E-state index in [1.165, 1.54) is 24.1 Å². The minimum absolute atomic E-state index is 0.0824. The van der Waals surface area contributed by atoms with Gasteiger partial charge in [0.05, 0.1) is 18.8 Å². The number of anilines is 2. The Hall–Kier alpha value is -2.44. The molecule has 0 radical (unpaired) electrons. The first kappa shape index (κ1) is 22.8. The molecule has 1 aliphatic heterocycles. The highest BCUT2D eigenvalue weighted by Crippen LogP contribution is 2.33. The second kappa shape index (κ2) is 10.4. The maximum absolute atomic E-state index is 12.8. The average molecular weight is 422 g/mol. The van der Waals surface area contributed by atoms with Gasteiger partial charge in [-0.2, -0.15) is 8.78 Å². The Kier molecular flexibility index (Phi) is 8.17. The van der Waals surface area contributed by atoms with Crippen LogP contribution in [-0.4, -0.2) is 75.7 Å². The molecule has 2 rings (SSSR count). The lowest BCUT2D eigenvalue weighted by Crippen LogP contribution is -2.48. The van der Waals surface area contributed by atoms with Gasteiger partial charge in [0.25, 0.3) is 12.3 Å². The topological polar surface area (TPSA) is 97.1 Å². The zero-order valence-electron chi connectivity index (χ0n) is 15.6. The maximum Gasteiger partial charge on any atom is 0.387 e. The molecular weight excluding hydrogens is 400 g/mol. The molecule has 1 aromatic carbocycles. The van der Waals surface area contributed by atoms with Gasteiger partial charge >= 0.3 is 6.61 Å². The first-order chi connectivity index (χ1) is 13.7. The number of rotatable bonds is 9. The van der Waals surface area contributed by atoms with E-state index in [9.17, 15) is 27.2 Å². The predicted octanol–water partition coefficient (Wildman–Crippen LogP) is 1.11. The van der Waals surface area contributed by atoms with Crippen LogP contribution in [0.5, 0.6) is 5.75 Å². The van der Waals surface area contributed by atoms with Crippen molar-refractivity contribution < 1.29 is 36.6 Å². The highest BCUT2D eigenvalue weighted by Gasteiger charge is 2.27. The molecule has 162 valence electrons. The molecular formula is C17H22F4N4O4. The van der Waals surface area contributed by atoms with Gasteiger partial charge in [0, 0.05) is 24.8 Å². The largest absolute Gasteiger partial charge is 0.433 e. The van der Waals surface area contributed by atoms with E-state index in [0.717, 1.165) is 11.0 Å². The molecule has 0 saturated carbocycles. The van der Waals surface area contributed by atoms with E-state index in [0.29, 0.717) is 0 Å². The van der Waals surface area contributed by atoms with Gasteiger partial charge in [-0.25, -0.2) is 8.78 Å². The van der Waals surface area contributed by atoms with E-state index < -0.39 is 37.4 Å². The summed E-state index contributed by atoms with van der Waals surface area (Å²) in [5.41, 5.74) is 5.69. The maximum atomic E-state index is 12.8. The van der Waals surface area contributed by atoms with Gasteiger partial charge in [-0.15, -0.1) is 0 Å². The van der Waals surface area contributed by atoms with Crippen LogP contribution in [0.1, 0.15) is 0 Å². The quantitative estimate of drug-likeness (QED) is 0.579. The molecule has 0 aromatic heterocycles. The van der Waals surface area contributed by atoms with Crippen LogP contribution >= 0.6 is 0 Å². The molecule has 0 unspecified atom stereocenters. The summed E-state index contributed by atoms with van der Waals surface area (Å²) in [7, 11) is 1.32. The lowest BCUT2D eigenvalue weighted by Gasteiger charge is -2.29. The second-order valence-electron chi connectivity index (χ2n) is 6.23. The van der Waals surface area contributed by atoms with Crippen molar-refractivity contribution in [3.8, 4) is 5.75 Å². The van der Waals surface area contributed by atoms with Crippen molar-refractivity contribution in [3.05, 3.63) is 18.2 Å². The van der Waals surface area contributed by atoms with Crippen LogP contribution < -0.4 is 20.7 Å². The average Bonchev–Trinajstić information content (AvgIpc) is 2.62. The lowest BCUT2D eigenvalue weighted by molar-refractivity contribution is -0.126. The number of carbonyl (C=O) groups excluding carboxylic acids is 2. The number of hydrogen-bond acceptors (Lipinski definition) is 6. The molecule has 3 N–H and O–H groups in total.